The van der Waals surface area contributed by atoms with Crippen LogP contribution < -0.4 is 10.6 Å². The summed E-state index contributed by atoms with van der Waals surface area (Å²) in [7, 11) is 0. The maximum atomic E-state index is 5.47. The number of anilines is 2. The Balaban J connectivity index is 2.03. The van der Waals surface area contributed by atoms with E-state index in [0.29, 0.717) is 5.89 Å². The van der Waals surface area contributed by atoms with Crippen LogP contribution in [-0.2, 0) is 0 Å². The van der Waals surface area contributed by atoms with Gasteiger partial charge in [-0.2, -0.15) is 0 Å². The quantitative estimate of drug-likeness (QED) is 0.853. The van der Waals surface area contributed by atoms with Crippen LogP contribution >= 0.6 is 0 Å². The van der Waals surface area contributed by atoms with Crippen molar-refractivity contribution in [2.75, 3.05) is 23.7 Å². The molecular formula is C12H14N4O. The molecule has 2 aromatic rings. The minimum absolute atomic E-state index is 0.108. The molecule has 1 aliphatic heterocycles. The summed E-state index contributed by atoms with van der Waals surface area (Å²) in [4.78, 5) is 2.34. The predicted molar refractivity (Wildman–Crippen MR) is 65.6 cm³/mol. The lowest BCUT2D eigenvalue weighted by Crippen LogP contribution is -2.18. The van der Waals surface area contributed by atoms with Crippen molar-refractivity contribution in [3.63, 3.8) is 0 Å². The van der Waals surface area contributed by atoms with Crippen molar-refractivity contribution >= 4 is 11.7 Å². The SMILES string of the molecule is Nc1nnc(-c2ccccc2N2CCCC2)o1. The molecule has 1 aromatic carbocycles. The van der Waals surface area contributed by atoms with Crippen LogP contribution in [0.5, 0.6) is 0 Å². The van der Waals surface area contributed by atoms with E-state index in [1.54, 1.807) is 0 Å². The monoisotopic (exact) mass is 230 g/mol. The molecule has 0 bridgehead atoms. The van der Waals surface area contributed by atoms with Gasteiger partial charge in [-0.1, -0.05) is 17.2 Å². The summed E-state index contributed by atoms with van der Waals surface area (Å²) in [6, 6.07) is 8.17. The van der Waals surface area contributed by atoms with E-state index in [0.717, 1.165) is 24.3 Å². The molecule has 1 aliphatic rings. The van der Waals surface area contributed by atoms with Crippen LogP contribution in [0.2, 0.25) is 0 Å². The molecule has 1 saturated heterocycles. The Hall–Kier alpha value is -2.04. The van der Waals surface area contributed by atoms with Crippen LogP contribution in [0.15, 0.2) is 28.7 Å². The highest BCUT2D eigenvalue weighted by atomic mass is 16.4. The number of benzene rings is 1. The zero-order valence-electron chi connectivity index (χ0n) is 9.47. The summed E-state index contributed by atoms with van der Waals surface area (Å²) in [5.41, 5.74) is 7.57. The minimum atomic E-state index is 0.108. The molecule has 0 radical (unpaired) electrons. The van der Waals surface area contributed by atoms with Crippen LogP contribution in [0, 0.1) is 0 Å². The third-order valence-electron chi connectivity index (χ3n) is 3.02. The Labute approximate surface area is 99.2 Å². The van der Waals surface area contributed by atoms with Crippen LogP contribution in [0.3, 0.4) is 0 Å². The third-order valence-corrected chi connectivity index (χ3v) is 3.02. The van der Waals surface area contributed by atoms with E-state index in [1.165, 1.54) is 12.8 Å². The number of nitrogens with zero attached hydrogens (tertiary/aromatic N) is 3. The fourth-order valence-electron chi connectivity index (χ4n) is 2.23. The lowest BCUT2D eigenvalue weighted by atomic mass is 10.1. The first-order valence-electron chi connectivity index (χ1n) is 5.78. The van der Waals surface area contributed by atoms with Crippen molar-refractivity contribution in [2.45, 2.75) is 12.8 Å². The van der Waals surface area contributed by atoms with Crippen molar-refractivity contribution in [3.05, 3.63) is 24.3 Å². The normalized spacial score (nSPS) is 15.4. The highest BCUT2D eigenvalue weighted by Gasteiger charge is 2.18. The van der Waals surface area contributed by atoms with E-state index in [1.807, 2.05) is 18.2 Å². The smallest absolute Gasteiger partial charge is 0.313 e. The van der Waals surface area contributed by atoms with Crippen molar-refractivity contribution in [3.8, 4) is 11.5 Å². The summed E-state index contributed by atoms with van der Waals surface area (Å²) in [5, 5.41) is 7.65. The highest BCUT2D eigenvalue weighted by Crippen LogP contribution is 2.32. The van der Waals surface area contributed by atoms with E-state index < -0.39 is 0 Å². The van der Waals surface area contributed by atoms with Crippen LogP contribution in [0.25, 0.3) is 11.5 Å². The summed E-state index contributed by atoms with van der Waals surface area (Å²) in [5.74, 6) is 0.491. The first-order chi connectivity index (χ1) is 8.34. The summed E-state index contributed by atoms with van der Waals surface area (Å²) >= 11 is 0. The molecule has 0 amide bonds. The molecule has 0 unspecified atom stereocenters. The van der Waals surface area contributed by atoms with Gasteiger partial charge in [0.25, 0.3) is 5.89 Å². The number of rotatable bonds is 2. The van der Waals surface area contributed by atoms with E-state index >= 15 is 0 Å². The molecule has 17 heavy (non-hydrogen) atoms. The largest absolute Gasteiger partial charge is 0.403 e. The molecule has 2 N–H and O–H groups in total. The van der Waals surface area contributed by atoms with Gasteiger partial charge < -0.3 is 15.1 Å². The molecular weight excluding hydrogens is 216 g/mol. The number of aromatic nitrogens is 2. The molecule has 5 nitrogen and oxygen atoms in total. The number of hydrogen-bond donors (Lipinski definition) is 1. The van der Waals surface area contributed by atoms with Gasteiger partial charge in [-0.05, 0) is 25.0 Å². The molecule has 2 heterocycles. The van der Waals surface area contributed by atoms with Gasteiger partial charge in [0, 0.05) is 18.8 Å². The van der Waals surface area contributed by atoms with E-state index in [9.17, 15) is 0 Å². The first kappa shape index (κ1) is 10.1. The van der Waals surface area contributed by atoms with E-state index in [2.05, 4.69) is 21.2 Å². The van der Waals surface area contributed by atoms with Gasteiger partial charge in [0.2, 0.25) is 0 Å². The Morgan fingerprint density at radius 2 is 1.88 bits per heavy atom. The maximum Gasteiger partial charge on any atom is 0.313 e. The van der Waals surface area contributed by atoms with E-state index in [4.69, 9.17) is 10.2 Å². The molecule has 0 saturated carbocycles. The molecule has 3 rings (SSSR count). The molecule has 0 aliphatic carbocycles. The van der Waals surface area contributed by atoms with Crippen molar-refractivity contribution in [1.29, 1.82) is 0 Å². The molecule has 0 atom stereocenters. The topological polar surface area (TPSA) is 68.2 Å². The molecule has 88 valence electrons. The predicted octanol–water partition coefficient (Wildman–Crippen LogP) is 1.92. The van der Waals surface area contributed by atoms with E-state index in [-0.39, 0.29) is 6.01 Å². The summed E-state index contributed by atoms with van der Waals surface area (Å²) in [6.45, 7) is 2.17. The Morgan fingerprint density at radius 3 is 2.59 bits per heavy atom. The number of nitrogen functional groups attached to an aromatic ring is 1. The zero-order chi connectivity index (χ0) is 11.7. The van der Waals surface area contributed by atoms with Gasteiger partial charge in [-0.25, -0.2) is 0 Å². The molecule has 0 spiro atoms. The Bertz CT molecular complexity index is 517. The lowest BCUT2D eigenvalue weighted by Gasteiger charge is -2.19. The standard InChI is InChI=1S/C12H14N4O/c13-12-15-14-11(17-12)9-5-1-2-6-10(9)16-7-3-4-8-16/h1-2,5-6H,3-4,7-8H2,(H2,13,15). The van der Waals surface area contributed by atoms with Crippen LogP contribution in [-0.4, -0.2) is 23.3 Å². The van der Waals surface area contributed by atoms with Crippen molar-refractivity contribution < 1.29 is 4.42 Å². The fraction of sp³-hybridized carbons (Fsp3) is 0.333. The third kappa shape index (κ3) is 1.84. The number of nitrogens with two attached hydrogens (primary N) is 1. The molecule has 1 aromatic heterocycles. The van der Waals surface area contributed by atoms with Gasteiger partial charge in [-0.15, -0.1) is 5.10 Å². The van der Waals surface area contributed by atoms with Gasteiger partial charge in [0.15, 0.2) is 0 Å². The maximum absolute atomic E-state index is 5.47. The van der Waals surface area contributed by atoms with Crippen LogP contribution in [0.4, 0.5) is 11.7 Å². The van der Waals surface area contributed by atoms with Crippen LogP contribution in [0.1, 0.15) is 12.8 Å². The zero-order valence-corrected chi connectivity index (χ0v) is 9.47. The second-order valence-electron chi connectivity index (χ2n) is 4.16. The molecule has 5 heteroatoms. The highest BCUT2D eigenvalue weighted by molar-refractivity contribution is 5.73. The van der Waals surface area contributed by atoms with Crippen molar-refractivity contribution in [1.82, 2.24) is 10.2 Å². The van der Waals surface area contributed by atoms with Gasteiger partial charge in [0.1, 0.15) is 0 Å². The first-order valence-corrected chi connectivity index (χ1v) is 5.78. The van der Waals surface area contributed by atoms with Crippen molar-refractivity contribution in [2.24, 2.45) is 0 Å². The minimum Gasteiger partial charge on any atom is -0.403 e. The van der Waals surface area contributed by atoms with Gasteiger partial charge in [-0.3, -0.25) is 0 Å². The summed E-state index contributed by atoms with van der Waals surface area (Å²) in [6.07, 6.45) is 2.47. The Morgan fingerprint density at radius 1 is 1.12 bits per heavy atom. The number of hydrogen-bond acceptors (Lipinski definition) is 5. The number of para-hydroxylation sites is 1. The lowest BCUT2D eigenvalue weighted by molar-refractivity contribution is 0.590. The second kappa shape index (κ2) is 4.08. The summed E-state index contributed by atoms with van der Waals surface area (Å²) < 4.78 is 5.30. The average molecular weight is 230 g/mol. The Kier molecular flexibility index (Phi) is 2.44. The van der Waals surface area contributed by atoms with Gasteiger partial charge in [0.05, 0.1) is 5.56 Å². The molecule has 1 fully saturated rings. The van der Waals surface area contributed by atoms with Gasteiger partial charge >= 0.3 is 6.01 Å². The fourth-order valence-corrected chi connectivity index (χ4v) is 2.23. The average Bonchev–Trinajstić information content (AvgIpc) is 3.00. The second-order valence-corrected chi connectivity index (χ2v) is 4.16.